The Balaban J connectivity index is 1.53. The van der Waals surface area contributed by atoms with E-state index in [1.54, 1.807) is 18.3 Å². The Bertz CT molecular complexity index is 1130. The van der Waals surface area contributed by atoms with E-state index in [0.29, 0.717) is 10.8 Å². The second kappa shape index (κ2) is 10.3. The fraction of sp³-hybridized carbons (Fsp3) is 0.182. The van der Waals surface area contributed by atoms with Gasteiger partial charge in [-0.1, -0.05) is 35.9 Å². The van der Waals surface area contributed by atoms with E-state index in [-0.39, 0.29) is 17.3 Å². The number of hydrogen-bond acceptors (Lipinski definition) is 5. The fourth-order valence-corrected chi connectivity index (χ4v) is 4.10. The molecule has 1 heterocycles. The number of nitro benzene ring substituents is 1. The number of hydrogen-bond donors (Lipinski definition) is 1. The normalized spacial score (nSPS) is 11.1. The van der Waals surface area contributed by atoms with Gasteiger partial charge < -0.3 is 4.57 Å². The van der Waals surface area contributed by atoms with Gasteiger partial charge in [-0.2, -0.15) is 5.10 Å². The van der Waals surface area contributed by atoms with Gasteiger partial charge in [0, 0.05) is 34.8 Å². The molecule has 0 saturated heterocycles. The highest BCUT2D eigenvalue weighted by Gasteiger charge is 2.12. The molecule has 0 aliphatic rings. The summed E-state index contributed by atoms with van der Waals surface area (Å²) in [6.07, 6.45) is 1.62. The van der Waals surface area contributed by atoms with E-state index in [1.165, 1.54) is 23.9 Å². The van der Waals surface area contributed by atoms with Gasteiger partial charge in [0.25, 0.3) is 5.69 Å². The van der Waals surface area contributed by atoms with E-state index < -0.39 is 4.92 Å². The molecule has 0 aliphatic carbocycles. The van der Waals surface area contributed by atoms with Crippen molar-refractivity contribution in [3.8, 4) is 5.69 Å². The number of halogens is 1. The summed E-state index contributed by atoms with van der Waals surface area (Å²) < 4.78 is 2.05. The lowest BCUT2D eigenvalue weighted by Gasteiger charge is -2.11. The topological polar surface area (TPSA) is 89.5 Å². The van der Waals surface area contributed by atoms with Gasteiger partial charge in [-0.25, -0.2) is 5.43 Å². The van der Waals surface area contributed by atoms with Crippen LogP contribution in [0.3, 0.4) is 0 Å². The number of nitrogens with zero attached hydrogens (tertiary/aromatic N) is 3. The van der Waals surface area contributed by atoms with Crippen molar-refractivity contribution in [2.45, 2.75) is 19.6 Å². The van der Waals surface area contributed by atoms with Gasteiger partial charge >= 0.3 is 0 Å². The number of para-hydroxylation sites is 1. The Labute approximate surface area is 189 Å². The minimum Gasteiger partial charge on any atom is -0.316 e. The smallest absolute Gasteiger partial charge is 0.269 e. The molecule has 0 atom stereocenters. The highest BCUT2D eigenvalue weighted by atomic mass is 35.5. The number of hydrazone groups is 1. The van der Waals surface area contributed by atoms with Crippen molar-refractivity contribution in [3.05, 3.63) is 92.2 Å². The maximum Gasteiger partial charge on any atom is 0.269 e. The third kappa shape index (κ3) is 5.74. The van der Waals surface area contributed by atoms with Gasteiger partial charge in [-0.3, -0.25) is 14.9 Å². The number of carbonyl (C=O) groups is 1. The highest BCUT2D eigenvalue weighted by Crippen LogP contribution is 2.25. The van der Waals surface area contributed by atoms with E-state index in [1.807, 2.05) is 48.7 Å². The number of nitro groups is 1. The summed E-state index contributed by atoms with van der Waals surface area (Å²) in [5.74, 6) is 0.587. The Hall–Kier alpha value is -3.10. The summed E-state index contributed by atoms with van der Waals surface area (Å²) in [4.78, 5) is 22.3. The Morgan fingerprint density at radius 1 is 1.23 bits per heavy atom. The summed E-state index contributed by atoms with van der Waals surface area (Å²) in [5.41, 5.74) is 7.26. The van der Waals surface area contributed by atoms with Gasteiger partial charge in [0.05, 0.1) is 27.6 Å². The molecule has 3 rings (SSSR count). The molecule has 0 radical (unpaired) electrons. The average Bonchev–Trinajstić information content (AvgIpc) is 3.02. The largest absolute Gasteiger partial charge is 0.316 e. The predicted molar refractivity (Wildman–Crippen MR) is 125 cm³/mol. The minimum absolute atomic E-state index is 0.0507. The molecule has 0 bridgehead atoms. The molecule has 1 N–H and O–H groups in total. The number of non-ortho nitro benzene ring substituents is 1. The SMILES string of the molecule is Cc1cc(/C=N/NC(=O)CSCc2ccc([N+](=O)[O-])cc2)c(C)n1-c1ccccc1Cl. The minimum atomic E-state index is -0.436. The molecule has 31 heavy (non-hydrogen) atoms. The van der Waals surface area contributed by atoms with E-state index >= 15 is 0 Å². The van der Waals surface area contributed by atoms with Crippen LogP contribution in [0.4, 0.5) is 5.69 Å². The number of amides is 1. The number of carbonyl (C=O) groups excluding carboxylic acids is 1. The van der Waals surface area contributed by atoms with Crippen molar-refractivity contribution >= 4 is 41.2 Å². The van der Waals surface area contributed by atoms with Crippen LogP contribution in [0, 0.1) is 24.0 Å². The van der Waals surface area contributed by atoms with Crippen LogP contribution in [0.1, 0.15) is 22.5 Å². The second-order valence-electron chi connectivity index (χ2n) is 6.82. The maximum absolute atomic E-state index is 12.0. The molecule has 7 nitrogen and oxygen atoms in total. The molecule has 0 saturated carbocycles. The van der Waals surface area contributed by atoms with Gasteiger partial charge in [-0.05, 0) is 37.6 Å². The van der Waals surface area contributed by atoms with Crippen LogP contribution < -0.4 is 5.43 Å². The first kappa shape index (κ1) is 22.6. The number of aromatic nitrogens is 1. The molecule has 2 aromatic carbocycles. The van der Waals surface area contributed by atoms with Crippen LogP contribution >= 0.6 is 23.4 Å². The van der Waals surface area contributed by atoms with Crippen LogP contribution in [0.25, 0.3) is 5.69 Å². The second-order valence-corrected chi connectivity index (χ2v) is 8.22. The zero-order valence-electron chi connectivity index (χ0n) is 17.0. The summed E-state index contributed by atoms with van der Waals surface area (Å²) in [6.45, 7) is 3.96. The number of nitrogens with one attached hydrogen (secondary N) is 1. The molecule has 0 unspecified atom stereocenters. The number of rotatable bonds is 8. The van der Waals surface area contributed by atoms with E-state index in [9.17, 15) is 14.9 Å². The molecule has 0 aliphatic heterocycles. The van der Waals surface area contributed by atoms with Crippen LogP contribution in [-0.4, -0.2) is 27.4 Å². The molecule has 0 fully saturated rings. The summed E-state index contributed by atoms with van der Waals surface area (Å²) in [6, 6.07) is 15.9. The molecular weight excluding hydrogens is 436 g/mol. The monoisotopic (exact) mass is 456 g/mol. The van der Waals surface area contributed by atoms with Crippen LogP contribution in [0.5, 0.6) is 0 Å². The molecule has 0 spiro atoms. The van der Waals surface area contributed by atoms with E-state index in [0.717, 1.165) is 28.2 Å². The van der Waals surface area contributed by atoms with Crippen LogP contribution in [-0.2, 0) is 10.5 Å². The summed E-state index contributed by atoms with van der Waals surface area (Å²) in [7, 11) is 0. The summed E-state index contributed by atoms with van der Waals surface area (Å²) >= 11 is 7.74. The Morgan fingerprint density at radius 2 is 1.94 bits per heavy atom. The molecule has 160 valence electrons. The van der Waals surface area contributed by atoms with Crippen molar-refractivity contribution in [1.82, 2.24) is 9.99 Å². The summed E-state index contributed by atoms with van der Waals surface area (Å²) in [5, 5.41) is 15.4. The van der Waals surface area contributed by atoms with Crippen molar-refractivity contribution in [3.63, 3.8) is 0 Å². The van der Waals surface area contributed by atoms with Gasteiger partial charge in [0.15, 0.2) is 0 Å². The third-order valence-corrected chi connectivity index (χ3v) is 5.93. The average molecular weight is 457 g/mol. The van der Waals surface area contributed by atoms with E-state index in [2.05, 4.69) is 10.5 Å². The molecule has 9 heteroatoms. The standard InChI is InChI=1S/C22H21ClN4O3S/c1-15-11-18(16(2)26(15)21-6-4-3-5-20(21)23)12-24-25-22(28)14-31-13-17-7-9-19(10-8-17)27(29)30/h3-12H,13-14H2,1-2H3,(H,25,28)/b24-12+. The van der Waals surface area contributed by atoms with Crippen molar-refractivity contribution < 1.29 is 9.72 Å². The quantitative estimate of drug-likeness (QED) is 0.292. The van der Waals surface area contributed by atoms with Crippen molar-refractivity contribution in [1.29, 1.82) is 0 Å². The Morgan fingerprint density at radius 3 is 2.61 bits per heavy atom. The molecule has 1 aromatic heterocycles. The molecular formula is C22H21ClN4O3S. The third-order valence-electron chi connectivity index (χ3n) is 4.61. The van der Waals surface area contributed by atoms with E-state index in [4.69, 9.17) is 11.6 Å². The molecule has 1 amide bonds. The molecule has 3 aromatic rings. The lowest BCUT2D eigenvalue weighted by atomic mass is 10.2. The maximum atomic E-state index is 12.0. The lowest BCUT2D eigenvalue weighted by molar-refractivity contribution is -0.384. The van der Waals surface area contributed by atoms with Crippen LogP contribution in [0.15, 0.2) is 59.7 Å². The van der Waals surface area contributed by atoms with Gasteiger partial charge in [-0.15, -0.1) is 11.8 Å². The lowest BCUT2D eigenvalue weighted by Crippen LogP contribution is -2.19. The van der Waals surface area contributed by atoms with Crippen LogP contribution in [0.2, 0.25) is 5.02 Å². The van der Waals surface area contributed by atoms with Crippen molar-refractivity contribution in [2.75, 3.05) is 5.75 Å². The zero-order valence-corrected chi connectivity index (χ0v) is 18.6. The number of aryl methyl sites for hydroxylation is 1. The van der Waals surface area contributed by atoms with Gasteiger partial charge in [0.2, 0.25) is 5.91 Å². The predicted octanol–water partition coefficient (Wildman–Crippen LogP) is 5.04. The van der Waals surface area contributed by atoms with Gasteiger partial charge in [0.1, 0.15) is 0 Å². The van der Waals surface area contributed by atoms with Crippen molar-refractivity contribution in [2.24, 2.45) is 5.10 Å². The fourth-order valence-electron chi connectivity index (χ4n) is 3.10. The highest BCUT2D eigenvalue weighted by molar-refractivity contribution is 7.99. The zero-order chi connectivity index (χ0) is 22.4. The first-order valence-electron chi connectivity index (χ1n) is 9.43. The number of thioether (sulfide) groups is 1. The number of benzene rings is 2. The Kier molecular flexibility index (Phi) is 7.49. The first-order chi connectivity index (χ1) is 14.9. The first-order valence-corrected chi connectivity index (χ1v) is 11.0.